The van der Waals surface area contributed by atoms with E-state index in [-0.39, 0.29) is 19.2 Å². The Balaban J connectivity index is 3.69. The van der Waals surface area contributed by atoms with Crippen molar-refractivity contribution in [3.05, 3.63) is 0 Å². The van der Waals surface area contributed by atoms with Crippen molar-refractivity contribution in [1.29, 1.82) is 0 Å². The average Bonchev–Trinajstić information content (AvgIpc) is 2.94. The predicted octanol–water partition coefficient (Wildman–Crippen LogP) is 8.90. The number of esters is 2. The maximum Gasteiger partial charge on any atom is 0.472 e. The van der Waals surface area contributed by atoms with Crippen molar-refractivity contribution in [2.45, 2.75) is 161 Å². The zero-order chi connectivity index (χ0) is 32.9. The highest BCUT2D eigenvalue weighted by atomic mass is 31.2. The van der Waals surface area contributed by atoms with E-state index in [1.807, 2.05) is 21.1 Å². The molecule has 0 saturated heterocycles. The van der Waals surface area contributed by atoms with Gasteiger partial charge in [-0.1, -0.05) is 135 Å². The van der Waals surface area contributed by atoms with Crippen LogP contribution in [0.15, 0.2) is 0 Å². The maximum atomic E-state index is 12.1. The maximum absolute atomic E-state index is 12.1. The molecule has 0 aliphatic heterocycles. The van der Waals surface area contributed by atoms with E-state index in [4.69, 9.17) is 18.5 Å². The van der Waals surface area contributed by atoms with Crippen LogP contribution < -0.4 is 0 Å². The van der Waals surface area contributed by atoms with Crippen molar-refractivity contribution in [2.75, 3.05) is 47.5 Å². The summed E-state index contributed by atoms with van der Waals surface area (Å²) in [5, 5.41) is 0. The van der Waals surface area contributed by atoms with Crippen LogP contribution in [0.25, 0.3) is 0 Å². The third-order valence-corrected chi connectivity index (χ3v) is 8.67. The fourth-order valence-corrected chi connectivity index (χ4v) is 5.70. The highest BCUT2D eigenvalue weighted by Crippen LogP contribution is 2.43. The van der Waals surface area contributed by atoms with Gasteiger partial charge in [0.15, 0.2) is 6.10 Å². The van der Waals surface area contributed by atoms with Crippen LogP contribution in [0.4, 0.5) is 0 Å². The van der Waals surface area contributed by atoms with E-state index in [1.54, 1.807) is 0 Å². The van der Waals surface area contributed by atoms with Crippen LogP contribution in [0.1, 0.15) is 155 Å². The van der Waals surface area contributed by atoms with Crippen molar-refractivity contribution in [2.24, 2.45) is 0 Å². The van der Waals surface area contributed by atoms with Crippen LogP contribution in [-0.2, 0) is 32.7 Å². The van der Waals surface area contributed by atoms with Crippen LogP contribution in [0, 0.1) is 0 Å². The number of hydrogen-bond acceptors (Lipinski definition) is 7. The van der Waals surface area contributed by atoms with Gasteiger partial charge in [-0.2, -0.15) is 0 Å². The molecule has 0 saturated carbocycles. The van der Waals surface area contributed by atoms with Gasteiger partial charge in [0, 0.05) is 13.3 Å². The molecule has 2 atom stereocenters. The van der Waals surface area contributed by atoms with E-state index in [0.717, 1.165) is 19.3 Å². The lowest BCUT2D eigenvalue weighted by molar-refractivity contribution is -0.870. The Hall–Kier alpha value is -0.990. The van der Waals surface area contributed by atoms with Gasteiger partial charge in [0.25, 0.3) is 0 Å². The minimum Gasteiger partial charge on any atom is -0.462 e. The van der Waals surface area contributed by atoms with Crippen molar-refractivity contribution < 1.29 is 42.1 Å². The van der Waals surface area contributed by atoms with Crippen LogP contribution in [0.3, 0.4) is 0 Å². The quantitative estimate of drug-likeness (QED) is 0.0333. The highest BCUT2D eigenvalue weighted by Gasteiger charge is 2.26. The lowest BCUT2D eigenvalue weighted by Crippen LogP contribution is -2.37. The van der Waals surface area contributed by atoms with E-state index < -0.39 is 26.5 Å². The molecule has 0 amide bonds. The molecular formula is C34H69NO8P+. The summed E-state index contributed by atoms with van der Waals surface area (Å²) >= 11 is 0. The largest absolute Gasteiger partial charge is 0.472 e. The number of nitrogens with zero attached hydrogens (tertiary/aromatic N) is 1. The van der Waals surface area contributed by atoms with Crippen LogP contribution >= 0.6 is 7.82 Å². The summed E-state index contributed by atoms with van der Waals surface area (Å²) in [6.45, 7) is 3.38. The van der Waals surface area contributed by atoms with E-state index in [1.165, 1.54) is 122 Å². The lowest BCUT2D eigenvalue weighted by atomic mass is 10.0. The minimum absolute atomic E-state index is 0.0317. The van der Waals surface area contributed by atoms with Crippen LogP contribution in [0.5, 0.6) is 0 Å². The second kappa shape index (κ2) is 28.3. The molecule has 0 aromatic carbocycles. The van der Waals surface area contributed by atoms with Gasteiger partial charge in [0.2, 0.25) is 0 Å². The van der Waals surface area contributed by atoms with Crippen molar-refractivity contribution in [1.82, 2.24) is 0 Å². The van der Waals surface area contributed by atoms with Gasteiger partial charge in [0.05, 0.1) is 27.7 Å². The smallest absolute Gasteiger partial charge is 0.462 e. The number of hydrogen-bond donors (Lipinski definition) is 1. The number of likely N-dealkylation sites (N-methyl/N-ethyl adjacent to an activating group) is 1. The number of quaternary nitrogens is 1. The Bertz CT molecular complexity index is 743. The Kier molecular flexibility index (Phi) is 27.6. The van der Waals surface area contributed by atoms with Gasteiger partial charge < -0.3 is 18.9 Å². The molecule has 1 unspecified atom stereocenters. The molecule has 10 heteroatoms. The standard InChI is InChI=1S/C34H68NO8P/c1-6-7-8-9-10-11-12-13-14-15-16-17-18-19-20-21-22-23-24-25-26-27-34(37)40-30-33(43-32(2)36)31-42-44(38,39)41-29-28-35(3,4)5/h33H,6-31H2,1-5H3/p+1/t33-/m1/s1. The fourth-order valence-electron chi connectivity index (χ4n) is 4.95. The summed E-state index contributed by atoms with van der Waals surface area (Å²) in [6, 6.07) is 0. The molecule has 0 fully saturated rings. The predicted molar refractivity (Wildman–Crippen MR) is 178 cm³/mol. The first-order valence-corrected chi connectivity index (χ1v) is 19.2. The molecule has 0 radical (unpaired) electrons. The lowest BCUT2D eigenvalue weighted by Gasteiger charge is -2.24. The Morgan fingerprint density at radius 1 is 0.659 bits per heavy atom. The van der Waals surface area contributed by atoms with Gasteiger partial charge in [-0.25, -0.2) is 4.57 Å². The topological polar surface area (TPSA) is 108 Å². The minimum atomic E-state index is -4.32. The van der Waals surface area contributed by atoms with E-state index in [0.29, 0.717) is 17.4 Å². The fraction of sp³-hybridized carbons (Fsp3) is 0.941. The molecule has 0 heterocycles. The van der Waals surface area contributed by atoms with Gasteiger partial charge in [-0.15, -0.1) is 0 Å². The average molecular weight is 651 g/mol. The number of ether oxygens (including phenoxy) is 2. The van der Waals surface area contributed by atoms with Gasteiger partial charge in [-0.3, -0.25) is 18.6 Å². The molecular weight excluding hydrogens is 581 g/mol. The zero-order valence-electron chi connectivity index (χ0n) is 29.2. The van der Waals surface area contributed by atoms with E-state index in [2.05, 4.69) is 6.92 Å². The summed E-state index contributed by atoms with van der Waals surface area (Å²) in [4.78, 5) is 33.4. The molecule has 0 aliphatic rings. The summed E-state index contributed by atoms with van der Waals surface area (Å²) < 4.78 is 32.9. The zero-order valence-corrected chi connectivity index (χ0v) is 30.1. The first-order valence-electron chi connectivity index (χ1n) is 17.7. The molecule has 262 valence electrons. The SMILES string of the molecule is CCCCCCCCCCCCCCCCCCCCCCCC(=O)OC[C@H](COP(=O)(O)OCC[N+](C)(C)C)OC(C)=O. The normalized spacial score (nSPS) is 13.9. The number of carbonyl (C=O) groups excluding carboxylic acids is 2. The summed E-state index contributed by atoms with van der Waals surface area (Å²) in [7, 11) is 1.48. The van der Waals surface area contributed by atoms with Gasteiger partial charge in [-0.05, 0) is 6.42 Å². The second-order valence-electron chi connectivity index (χ2n) is 13.3. The Morgan fingerprint density at radius 2 is 1.07 bits per heavy atom. The van der Waals surface area contributed by atoms with Gasteiger partial charge in [0.1, 0.15) is 19.8 Å². The summed E-state index contributed by atoms with van der Waals surface area (Å²) in [6.07, 6.45) is 26.8. The molecule has 1 N–H and O–H groups in total. The highest BCUT2D eigenvalue weighted by molar-refractivity contribution is 7.47. The molecule has 0 aromatic rings. The molecule has 0 rings (SSSR count). The van der Waals surface area contributed by atoms with E-state index >= 15 is 0 Å². The number of phosphoric acid groups is 1. The van der Waals surface area contributed by atoms with Crippen molar-refractivity contribution >= 4 is 19.8 Å². The molecule has 0 bridgehead atoms. The first-order chi connectivity index (χ1) is 20.9. The summed E-state index contributed by atoms with van der Waals surface area (Å²) in [5.41, 5.74) is 0. The molecule has 9 nitrogen and oxygen atoms in total. The number of phosphoric ester groups is 1. The van der Waals surface area contributed by atoms with Crippen molar-refractivity contribution in [3.63, 3.8) is 0 Å². The molecule has 0 aliphatic carbocycles. The Morgan fingerprint density at radius 3 is 1.45 bits per heavy atom. The third-order valence-electron chi connectivity index (χ3n) is 7.69. The molecule has 0 aromatic heterocycles. The van der Waals surface area contributed by atoms with Crippen LogP contribution in [0.2, 0.25) is 0 Å². The number of unbranched alkanes of at least 4 members (excludes halogenated alkanes) is 20. The van der Waals surface area contributed by atoms with Crippen molar-refractivity contribution in [3.8, 4) is 0 Å². The monoisotopic (exact) mass is 650 g/mol. The van der Waals surface area contributed by atoms with E-state index in [9.17, 15) is 19.0 Å². The summed E-state index contributed by atoms with van der Waals surface area (Å²) in [5.74, 6) is -0.982. The number of carbonyl (C=O) groups is 2. The number of rotatable bonds is 32. The second-order valence-corrected chi connectivity index (χ2v) is 14.8. The van der Waals surface area contributed by atoms with Gasteiger partial charge >= 0.3 is 19.8 Å². The molecule has 0 spiro atoms. The first kappa shape index (κ1) is 43.0. The third kappa shape index (κ3) is 32.4. The molecule has 44 heavy (non-hydrogen) atoms. The van der Waals surface area contributed by atoms with Crippen LogP contribution in [-0.4, -0.2) is 74.9 Å². The Labute approximate surface area is 270 Å².